The highest BCUT2D eigenvalue weighted by atomic mass is 16.6. The maximum atomic E-state index is 12.1. The van der Waals surface area contributed by atoms with Crippen molar-refractivity contribution in [3.05, 3.63) is 33.9 Å². The van der Waals surface area contributed by atoms with Crippen LogP contribution in [0, 0.1) is 10.1 Å². The lowest BCUT2D eigenvalue weighted by Crippen LogP contribution is -2.46. The van der Waals surface area contributed by atoms with Crippen molar-refractivity contribution in [1.29, 1.82) is 0 Å². The average Bonchev–Trinajstić information content (AvgIpc) is 2.36. The molecule has 0 saturated heterocycles. The molecule has 0 radical (unpaired) electrons. The number of hydrogen-bond acceptors (Lipinski definition) is 5. The predicted octanol–water partition coefficient (Wildman–Crippen LogP) is 1.79. The third-order valence-corrected chi connectivity index (χ3v) is 2.68. The highest BCUT2D eigenvalue weighted by Crippen LogP contribution is 2.25. The Labute approximate surface area is 117 Å². The standard InChI is InChI=1S/C13H19N3O4/c1-13(2,8-20-4)15-12(17)9-5-6-11(16(18)19)10(7-9)14-3/h5-7,14H,8H2,1-4H3,(H,15,17). The van der Waals surface area contributed by atoms with E-state index in [1.807, 2.05) is 13.8 Å². The first kappa shape index (κ1) is 15.9. The van der Waals surface area contributed by atoms with Crippen LogP contribution in [0.15, 0.2) is 18.2 Å². The van der Waals surface area contributed by atoms with Gasteiger partial charge in [0, 0.05) is 25.8 Å². The van der Waals surface area contributed by atoms with Gasteiger partial charge in [0.15, 0.2) is 0 Å². The third kappa shape index (κ3) is 3.92. The number of carbonyl (C=O) groups is 1. The van der Waals surface area contributed by atoms with Crippen LogP contribution in [0.5, 0.6) is 0 Å². The summed E-state index contributed by atoms with van der Waals surface area (Å²) in [5.41, 5.74) is 0.0597. The summed E-state index contributed by atoms with van der Waals surface area (Å²) in [5.74, 6) is -0.307. The molecular weight excluding hydrogens is 262 g/mol. The van der Waals surface area contributed by atoms with Crippen molar-refractivity contribution < 1.29 is 14.5 Å². The molecule has 0 heterocycles. The van der Waals surface area contributed by atoms with E-state index in [2.05, 4.69) is 10.6 Å². The number of rotatable bonds is 6. The zero-order valence-electron chi connectivity index (χ0n) is 12.0. The zero-order chi connectivity index (χ0) is 15.3. The summed E-state index contributed by atoms with van der Waals surface area (Å²) < 4.78 is 5.02. The highest BCUT2D eigenvalue weighted by molar-refractivity contribution is 5.96. The Balaban J connectivity index is 2.97. The van der Waals surface area contributed by atoms with E-state index in [0.29, 0.717) is 17.9 Å². The molecule has 1 aromatic carbocycles. The van der Waals surface area contributed by atoms with Gasteiger partial charge in [0.05, 0.1) is 17.1 Å². The van der Waals surface area contributed by atoms with Gasteiger partial charge in [-0.3, -0.25) is 14.9 Å². The van der Waals surface area contributed by atoms with Crippen LogP contribution in [0.25, 0.3) is 0 Å². The number of amides is 1. The molecule has 1 rings (SSSR count). The maximum Gasteiger partial charge on any atom is 0.292 e. The Kier molecular flexibility index (Phi) is 5.04. The Bertz CT molecular complexity index is 514. The first-order valence-electron chi connectivity index (χ1n) is 6.08. The number of nitro groups is 1. The number of nitrogens with zero attached hydrogens (tertiary/aromatic N) is 1. The molecule has 110 valence electrons. The second-order valence-corrected chi connectivity index (χ2v) is 5.01. The van der Waals surface area contributed by atoms with E-state index in [1.165, 1.54) is 18.2 Å². The zero-order valence-corrected chi connectivity index (χ0v) is 12.0. The summed E-state index contributed by atoms with van der Waals surface area (Å²) >= 11 is 0. The van der Waals surface area contributed by atoms with Crippen molar-refractivity contribution in [3.8, 4) is 0 Å². The van der Waals surface area contributed by atoms with Gasteiger partial charge in [-0.1, -0.05) is 0 Å². The van der Waals surface area contributed by atoms with Gasteiger partial charge in [0.2, 0.25) is 0 Å². The van der Waals surface area contributed by atoms with Gasteiger partial charge in [-0.15, -0.1) is 0 Å². The summed E-state index contributed by atoms with van der Waals surface area (Å²) in [7, 11) is 3.12. The van der Waals surface area contributed by atoms with Crippen LogP contribution >= 0.6 is 0 Å². The number of ether oxygens (including phenoxy) is 1. The molecule has 0 fully saturated rings. The first-order valence-corrected chi connectivity index (χ1v) is 6.08. The van der Waals surface area contributed by atoms with E-state index < -0.39 is 10.5 Å². The lowest BCUT2D eigenvalue weighted by molar-refractivity contribution is -0.383. The fourth-order valence-corrected chi connectivity index (χ4v) is 1.81. The fraction of sp³-hybridized carbons (Fsp3) is 0.462. The topological polar surface area (TPSA) is 93.5 Å². The Morgan fingerprint density at radius 1 is 1.45 bits per heavy atom. The lowest BCUT2D eigenvalue weighted by atomic mass is 10.1. The van der Waals surface area contributed by atoms with Crippen molar-refractivity contribution in [3.63, 3.8) is 0 Å². The Hall–Kier alpha value is -2.15. The quantitative estimate of drug-likeness (QED) is 0.612. The van der Waals surface area contributed by atoms with Crippen molar-refractivity contribution in [2.75, 3.05) is 26.1 Å². The average molecular weight is 281 g/mol. The molecule has 0 aliphatic heterocycles. The van der Waals surface area contributed by atoms with Gasteiger partial charge in [-0.05, 0) is 26.0 Å². The SMILES string of the molecule is CNc1cc(C(=O)NC(C)(C)COC)ccc1[N+](=O)[O-]. The fourth-order valence-electron chi connectivity index (χ4n) is 1.81. The molecule has 7 heteroatoms. The molecule has 20 heavy (non-hydrogen) atoms. The third-order valence-electron chi connectivity index (χ3n) is 2.68. The van der Waals surface area contributed by atoms with Crippen LogP contribution in [0.2, 0.25) is 0 Å². The van der Waals surface area contributed by atoms with Crippen LogP contribution in [-0.2, 0) is 4.74 Å². The Morgan fingerprint density at radius 2 is 2.10 bits per heavy atom. The molecule has 0 unspecified atom stereocenters. The van der Waals surface area contributed by atoms with Gasteiger partial charge in [-0.2, -0.15) is 0 Å². The monoisotopic (exact) mass is 281 g/mol. The van der Waals surface area contributed by atoms with Gasteiger partial charge < -0.3 is 15.4 Å². The smallest absolute Gasteiger partial charge is 0.292 e. The maximum absolute atomic E-state index is 12.1. The molecule has 1 aromatic rings. The predicted molar refractivity (Wildman–Crippen MR) is 76.1 cm³/mol. The van der Waals surface area contributed by atoms with Crippen LogP contribution in [0.3, 0.4) is 0 Å². The minimum Gasteiger partial charge on any atom is -0.383 e. The second kappa shape index (κ2) is 6.33. The molecule has 0 aromatic heterocycles. The lowest BCUT2D eigenvalue weighted by Gasteiger charge is -2.25. The van der Waals surface area contributed by atoms with E-state index >= 15 is 0 Å². The number of nitrogens with one attached hydrogen (secondary N) is 2. The summed E-state index contributed by atoms with van der Waals surface area (Å²) in [5, 5.41) is 16.3. The van der Waals surface area contributed by atoms with Crippen LogP contribution in [-0.4, -0.2) is 37.1 Å². The molecule has 7 nitrogen and oxygen atoms in total. The summed E-state index contributed by atoms with van der Waals surface area (Å²) in [4.78, 5) is 22.4. The molecule has 1 amide bonds. The van der Waals surface area contributed by atoms with E-state index in [9.17, 15) is 14.9 Å². The summed E-state index contributed by atoms with van der Waals surface area (Å²) in [6.45, 7) is 4.03. The van der Waals surface area contributed by atoms with Crippen molar-refractivity contribution in [1.82, 2.24) is 5.32 Å². The number of hydrogen-bond donors (Lipinski definition) is 2. The van der Waals surface area contributed by atoms with E-state index in [-0.39, 0.29) is 11.6 Å². The molecule has 0 spiro atoms. The van der Waals surface area contributed by atoms with Gasteiger partial charge in [-0.25, -0.2) is 0 Å². The van der Waals surface area contributed by atoms with E-state index in [0.717, 1.165) is 0 Å². The Morgan fingerprint density at radius 3 is 2.60 bits per heavy atom. The van der Waals surface area contributed by atoms with Crippen LogP contribution < -0.4 is 10.6 Å². The molecule has 0 saturated carbocycles. The van der Waals surface area contributed by atoms with E-state index in [1.54, 1.807) is 14.2 Å². The molecule has 0 aliphatic rings. The highest BCUT2D eigenvalue weighted by Gasteiger charge is 2.22. The minimum atomic E-state index is -0.520. The number of methoxy groups -OCH3 is 1. The molecule has 0 atom stereocenters. The number of benzene rings is 1. The van der Waals surface area contributed by atoms with E-state index in [4.69, 9.17) is 4.74 Å². The van der Waals surface area contributed by atoms with Gasteiger partial charge in [0.25, 0.3) is 11.6 Å². The largest absolute Gasteiger partial charge is 0.383 e. The van der Waals surface area contributed by atoms with Gasteiger partial charge >= 0.3 is 0 Å². The van der Waals surface area contributed by atoms with Crippen LogP contribution in [0.4, 0.5) is 11.4 Å². The molecule has 0 bridgehead atoms. The minimum absolute atomic E-state index is 0.0693. The van der Waals surface area contributed by atoms with Crippen molar-refractivity contribution >= 4 is 17.3 Å². The first-order chi connectivity index (χ1) is 9.30. The number of nitro benzene ring substituents is 1. The van der Waals surface area contributed by atoms with Crippen LogP contribution in [0.1, 0.15) is 24.2 Å². The van der Waals surface area contributed by atoms with Gasteiger partial charge in [0.1, 0.15) is 5.69 Å². The number of carbonyl (C=O) groups excluding carboxylic acids is 1. The number of anilines is 1. The normalized spacial score (nSPS) is 11.0. The molecular formula is C13H19N3O4. The molecule has 0 aliphatic carbocycles. The van der Waals surface area contributed by atoms with Crippen molar-refractivity contribution in [2.45, 2.75) is 19.4 Å². The summed E-state index contributed by atoms with van der Waals surface area (Å²) in [6.07, 6.45) is 0. The summed E-state index contributed by atoms with van der Waals surface area (Å²) in [6, 6.07) is 4.19. The second-order valence-electron chi connectivity index (χ2n) is 5.01. The van der Waals surface area contributed by atoms with Crippen molar-refractivity contribution in [2.24, 2.45) is 0 Å². The molecule has 2 N–H and O–H groups in total.